The summed E-state index contributed by atoms with van der Waals surface area (Å²) in [6, 6.07) is 10.4. The van der Waals surface area contributed by atoms with Crippen LogP contribution in [0.1, 0.15) is 62.9 Å². The maximum Gasteiger partial charge on any atom is 0.410 e. The zero-order valence-electron chi connectivity index (χ0n) is 22.5. The van der Waals surface area contributed by atoms with Crippen LogP contribution in [0.15, 0.2) is 30.3 Å². The number of likely N-dealkylation sites (tertiary alicyclic amines) is 2. The molecule has 1 aromatic carbocycles. The summed E-state index contributed by atoms with van der Waals surface area (Å²) in [5.41, 5.74) is 3.90. The standard InChI is InChI=1S/C28H40N4O4/c1-20-14-21(2)32(29-20)24-9-7-8-22(15-24)23(16-25(33)35-6)17-30-12-10-28(11-13-30)18-31(19-28)26(34)36-27(3,4)5/h7-9,14-15,23H,10-13,16-19H2,1-6H3/t23-/m1/s1. The fraction of sp³-hybridized carbons (Fsp3) is 0.607. The van der Waals surface area contributed by atoms with Gasteiger partial charge in [0, 0.05) is 36.7 Å². The van der Waals surface area contributed by atoms with Crippen molar-refractivity contribution in [1.82, 2.24) is 19.6 Å². The van der Waals surface area contributed by atoms with Gasteiger partial charge < -0.3 is 19.3 Å². The van der Waals surface area contributed by atoms with E-state index in [0.717, 1.165) is 68.2 Å². The lowest BCUT2D eigenvalue weighted by molar-refractivity contribution is -0.141. The van der Waals surface area contributed by atoms with Gasteiger partial charge in [0.05, 0.1) is 24.9 Å². The first-order valence-corrected chi connectivity index (χ1v) is 12.9. The van der Waals surface area contributed by atoms with Gasteiger partial charge in [-0.15, -0.1) is 0 Å². The average Bonchev–Trinajstić information content (AvgIpc) is 3.14. The lowest BCUT2D eigenvalue weighted by Crippen LogP contribution is -2.62. The van der Waals surface area contributed by atoms with Crippen LogP contribution in [-0.2, 0) is 14.3 Å². The number of nitrogens with zero attached hydrogens (tertiary/aromatic N) is 4. The van der Waals surface area contributed by atoms with Gasteiger partial charge in [0.15, 0.2) is 0 Å². The topological polar surface area (TPSA) is 76.9 Å². The van der Waals surface area contributed by atoms with E-state index < -0.39 is 5.60 Å². The zero-order valence-corrected chi connectivity index (χ0v) is 22.5. The van der Waals surface area contributed by atoms with Gasteiger partial charge in [-0.2, -0.15) is 5.10 Å². The van der Waals surface area contributed by atoms with Crippen molar-refractivity contribution in [2.75, 3.05) is 39.8 Å². The minimum atomic E-state index is -0.468. The van der Waals surface area contributed by atoms with Gasteiger partial charge in [-0.1, -0.05) is 12.1 Å². The highest BCUT2D eigenvalue weighted by molar-refractivity contribution is 5.70. The van der Waals surface area contributed by atoms with E-state index in [9.17, 15) is 9.59 Å². The molecule has 2 fully saturated rings. The monoisotopic (exact) mass is 496 g/mol. The Morgan fingerprint density at radius 1 is 1.11 bits per heavy atom. The van der Waals surface area contributed by atoms with Crippen LogP contribution in [0.25, 0.3) is 5.69 Å². The van der Waals surface area contributed by atoms with Crippen molar-refractivity contribution >= 4 is 12.1 Å². The van der Waals surface area contributed by atoms with E-state index in [1.54, 1.807) is 0 Å². The molecule has 2 saturated heterocycles. The molecule has 8 nitrogen and oxygen atoms in total. The lowest BCUT2D eigenvalue weighted by Gasteiger charge is -2.53. The third-order valence-corrected chi connectivity index (χ3v) is 7.34. The molecule has 8 heteroatoms. The smallest absolute Gasteiger partial charge is 0.410 e. The molecule has 1 atom stereocenters. The molecule has 0 saturated carbocycles. The molecule has 0 radical (unpaired) electrons. The highest BCUT2D eigenvalue weighted by atomic mass is 16.6. The van der Waals surface area contributed by atoms with Gasteiger partial charge >= 0.3 is 12.1 Å². The number of carbonyl (C=O) groups excluding carboxylic acids is 2. The first-order chi connectivity index (χ1) is 17.0. The summed E-state index contributed by atoms with van der Waals surface area (Å²) in [5, 5.41) is 4.62. The first kappa shape index (κ1) is 26.2. The van der Waals surface area contributed by atoms with E-state index in [0.29, 0.717) is 6.42 Å². The number of hydrogen-bond donors (Lipinski definition) is 0. The van der Waals surface area contributed by atoms with Crippen LogP contribution in [0.4, 0.5) is 4.79 Å². The van der Waals surface area contributed by atoms with Gasteiger partial charge in [0.25, 0.3) is 0 Å². The van der Waals surface area contributed by atoms with E-state index in [2.05, 4.69) is 34.3 Å². The molecule has 3 heterocycles. The predicted octanol–water partition coefficient (Wildman–Crippen LogP) is 4.47. The highest BCUT2D eigenvalue weighted by Gasteiger charge is 2.47. The number of benzene rings is 1. The molecule has 0 aliphatic carbocycles. The maximum absolute atomic E-state index is 12.4. The number of aromatic nitrogens is 2. The average molecular weight is 497 g/mol. The van der Waals surface area contributed by atoms with Crippen LogP contribution in [0, 0.1) is 19.3 Å². The van der Waals surface area contributed by atoms with E-state index in [1.165, 1.54) is 7.11 Å². The Kier molecular flexibility index (Phi) is 7.46. The molecule has 196 valence electrons. The van der Waals surface area contributed by atoms with E-state index in [-0.39, 0.29) is 23.4 Å². The highest BCUT2D eigenvalue weighted by Crippen LogP contribution is 2.41. The fourth-order valence-corrected chi connectivity index (χ4v) is 5.43. The van der Waals surface area contributed by atoms with Crippen LogP contribution in [0.3, 0.4) is 0 Å². The van der Waals surface area contributed by atoms with Crippen LogP contribution in [0.2, 0.25) is 0 Å². The van der Waals surface area contributed by atoms with Crippen molar-refractivity contribution in [2.24, 2.45) is 5.41 Å². The summed E-state index contributed by atoms with van der Waals surface area (Å²) in [4.78, 5) is 28.9. The van der Waals surface area contributed by atoms with Crippen LogP contribution in [0.5, 0.6) is 0 Å². The van der Waals surface area contributed by atoms with Gasteiger partial charge in [-0.05, 0) is 84.3 Å². The molecule has 2 aliphatic heterocycles. The minimum Gasteiger partial charge on any atom is -0.469 e. The van der Waals surface area contributed by atoms with Gasteiger partial charge in [-0.3, -0.25) is 4.79 Å². The summed E-state index contributed by atoms with van der Waals surface area (Å²) >= 11 is 0. The number of aryl methyl sites for hydroxylation is 2. The fourth-order valence-electron chi connectivity index (χ4n) is 5.43. The number of rotatable bonds is 6. The van der Waals surface area contributed by atoms with Gasteiger partial charge in [0.2, 0.25) is 0 Å². The third kappa shape index (κ3) is 6.09. The van der Waals surface area contributed by atoms with Crippen LogP contribution in [-0.4, -0.2) is 77.1 Å². The molecular formula is C28H40N4O4. The second kappa shape index (κ2) is 10.2. The molecule has 0 N–H and O–H groups in total. The second-order valence-corrected chi connectivity index (χ2v) is 11.5. The van der Waals surface area contributed by atoms with Crippen molar-refractivity contribution in [1.29, 1.82) is 0 Å². The lowest BCUT2D eigenvalue weighted by atomic mass is 9.72. The summed E-state index contributed by atoms with van der Waals surface area (Å²) in [5.74, 6) is -0.167. The number of esters is 1. The quantitative estimate of drug-likeness (QED) is 0.549. The molecule has 1 spiro atoms. The van der Waals surface area contributed by atoms with Crippen LogP contribution >= 0.6 is 0 Å². The molecule has 1 amide bonds. The number of piperidine rings is 1. The SMILES string of the molecule is COC(=O)C[C@H](CN1CCC2(CC1)CN(C(=O)OC(C)(C)C)C2)c1cccc(-n2nc(C)cc2C)c1. The molecule has 0 bridgehead atoms. The first-order valence-electron chi connectivity index (χ1n) is 12.9. The number of ether oxygens (including phenoxy) is 2. The van der Waals surface area contributed by atoms with E-state index in [1.807, 2.05) is 50.3 Å². The van der Waals surface area contributed by atoms with Gasteiger partial charge in [-0.25, -0.2) is 9.48 Å². The van der Waals surface area contributed by atoms with Crippen molar-refractivity contribution in [3.05, 3.63) is 47.3 Å². The van der Waals surface area contributed by atoms with Crippen molar-refractivity contribution in [3.63, 3.8) is 0 Å². The van der Waals surface area contributed by atoms with E-state index in [4.69, 9.17) is 9.47 Å². The Morgan fingerprint density at radius 3 is 2.39 bits per heavy atom. The largest absolute Gasteiger partial charge is 0.469 e. The number of methoxy groups -OCH3 is 1. The molecule has 2 aromatic rings. The van der Waals surface area contributed by atoms with Crippen molar-refractivity contribution in [3.8, 4) is 5.69 Å². The maximum atomic E-state index is 12.4. The number of hydrogen-bond acceptors (Lipinski definition) is 6. The minimum absolute atomic E-state index is 0.0306. The molecular weight excluding hydrogens is 456 g/mol. The molecule has 1 aromatic heterocycles. The Morgan fingerprint density at radius 2 is 1.81 bits per heavy atom. The predicted molar refractivity (Wildman–Crippen MR) is 138 cm³/mol. The Hall–Kier alpha value is -2.87. The normalized spacial score (nSPS) is 18.6. The Balaban J connectivity index is 1.40. The van der Waals surface area contributed by atoms with E-state index >= 15 is 0 Å². The summed E-state index contributed by atoms with van der Waals surface area (Å²) in [7, 11) is 1.45. The third-order valence-electron chi connectivity index (χ3n) is 7.34. The van der Waals surface area contributed by atoms with Crippen molar-refractivity contribution in [2.45, 2.75) is 65.4 Å². The number of carbonyl (C=O) groups is 2. The molecule has 4 rings (SSSR count). The molecule has 2 aliphatic rings. The summed E-state index contributed by atoms with van der Waals surface area (Å²) in [6.45, 7) is 14.0. The molecule has 36 heavy (non-hydrogen) atoms. The number of amides is 1. The van der Waals surface area contributed by atoms with Crippen molar-refractivity contribution < 1.29 is 19.1 Å². The Bertz CT molecular complexity index is 1090. The second-order valence-electron chi connectivity index (χ2n) is 11.5. The molecule has 0 unspecified atom stereocenters. The Labute approximate surface area is 214 Å². The zero-order chi connectivity index (χ0) is 26.1. The summed E-state index contributed by atoms with van der Waals surface area (Å²) in [6.07, 6.45) is 2.22. The van der Waals surface area contributed by atoms with Crippen LogP contribution < -0.4 is 0 Å². The van der Waals surface area contributed by atoms with Gasteiger partial charge in [0.1, 0.15) is 5.60 Å². The summed E-state index contributed by atoms with van der Waals surface area (Å²) < 4.78 is 12.5.